The van der Waals surface area contributed by atoms with Crippen LogP contribution in [-0.2, 0) is 6.54 Å². The molecule has 0 spiro atoms. The predicted molar refractivity (Wildman–Crippen MR) is 84.6 cm³/mol. The Morgan fingerprint density at radius 2 is 2.33 bits per heavy atom. The lowest BCUT2D eigenvalue weighted by Gasteiger charge is -2.31. The van der Waals surface area contributed by atoms with Crippen LogP contribution in [0.2, 0.25) is 0 Å². The summed E-state index contributed by atoms with van der Waals surface area (Å²) in [7, 11) is 0. The van der Waals surface area contributed by atoms with E-state index < -0.39 is 0 Å². The second-order valence-electron chi connectivity index (χ2n) is 5.73. The van der Waals surface area contributed by atoms with E-state index in [1.807, 2.05) is 18.2 Å². The summed E-state index contributed by atoms with van der Waals surface area (Å²) in [6.07, 6.45) is 4.87. The number of β-amino-alcohol motifs (C(OH)–C–C–N with tert-alkyl or cyclic N) is 1. The van der Waals surface area contributed by atoms with Crippen LogP contribution in [0.4, 0.5) is 5.82 Å². The van der Waals surface area contributed by atoms with Crippen molar-refractivity contribution in [2.24, 2.45) is 0 Å². The van der Waals surface area contributed by atoms with Gasteiger partial charge in [-0.1, -0.05) is 13.0 Å². The van der Waals surface area contributed by atoms with Gasteiger partial charge in [-0.15, -0.1) is 0 Å². The van der Waals surface area contributed by atoms with Crippen LogP contribution in [0, 0.1) is 0 Å². The molecule has 5 heteroatoms. The molecule has 5 nitrogen and oxygen atoms in total. The van der Waals surface area contributed by atoms with E-state index in [-0.39, 0.29) is 6.10 Å². The average molecular weight is 288 g/mol. The number of anilines is 1. The zero-order valence-corrected chi connectivity index (χ0v) is 12.6. The first-order valence-electron chi connectivity index (χ1n) is 7.89. The molecule has 2 aromatic rings. The number of nitrogens with one attached hydrogen (secondary N) is 1. The summed E-state index contributed by atoms with van der Waals surface area (Å²) in [5.74, 6) is 1.02. The molecule has 0 bridgehead atoms. The molecule has 0 radical (unpaired) electrons. The highest BCUT2D eigenvalue weighted by Gasteiger charge is 2.23. The summed E-state index contributed by atoms with van der Waals surface area (Å²) in [6, 6.07) is 6.08. The number of nitrogens with zero attached hydrogens (tertiary/aromatic N) is 3. The van der Waals surface area contributed by atoms with Crippen molar-refractivity contribution in [3.63, 3.8) is 0 Å². The lowest BCUT2D eigenvalue weighted by molar-refractivity contribution is 0.154. The molecule has 1 unspecified atom stereocenters. The Morgan fingerprint density at radius 3 is 3.14 bits per heavy atom. The van der Waals surface area contributed by atoms with Gasteiger partial charge >= 0.3 is 0 Å². The molecule has 0 amide bonds. The van der Waals surface area contributed by atoms with Crippen LogP contribution in [0.25, 0.3) is 5.65 Å². The molecule has 1 saturated heterocycles. The Bertz CT molecular complexity index is 595. The third kappa shape index (κ3) is 3.04. The number of aromatic nitrogens is 2. The third-order valence-electron chi connectivity index (χ3n) is 4.02. The number of imidazole rings is 1. The molecular weight excluding hydrogens is 264 g/mol. The Morgan fingerprint density at radius 1 is 1.43 bits per heavy atom. The first kappa shape index (κ1) is 14.4. The molecule has 21 heavy (non-hydrogen) atoms. The van der Waals surface area contributed by atoms with Gasteiger partial charge in [0.1, 0.15) is 5.65 Å². The first-order valence-corrected chi connectivity index (χ1v) is 7.89. The maximum absolute atomic E-state index is 9.93. The minimum Gasteiger partial charge on any atom is -0.391 e. The topological polar surface area (TPSA) is 52.8 Å². The summed E-state index contributed by atoms with van der Waals surface area (Å²) >= 11 is 0. The summed E-state index contributed by atoms with van der Waals surface area (Å²) < 4.78 is 2.15. The molecule has 2 N–H and O–H groups in total. The van der Waals surface area contributed by atoms with Crippen LogP contribution in [0.3, 0.4) is 0 Å². The van der Waals surface area contributed by atoms with Crippen LogP contribution in [-0.4, -0.2) is 40.2 Å². The van der Waals surface area contributed by atoms with Gasteiger partial charge in [-0.3, -0.25) is 0 Å². The zero-order valence-electron chi connectivity index (χ0n) is 12.6. The van der Waals surface area contributed by atoms with E-state index in [0.717, 1.165) is 50.4 Å². The van der Waals surface area contributed by atoms with Crippen molar-refractivity contribution in [2.75, 3.05) is 24.5 Å². The lowest BCUT2D eigenvalue weighted by atomic mass is 10.1. The normalized spacial score (nSPS) is 19.3. The number of aliphatic hydroxyl groups is 1. The van der Waals surface area contributed by atoms with Crippen molar-refractivity contribution < 1.29 is 5.11 Å². The zero-order chi connectivity index (χ0) is 14.7. The number of aliphatic hydroxyl groups excluding tert-OH is 1. The molecule has 0 aromatic carbocycles. The highest BCUT2D eigenvalue weighted by Crippen LogP contribution is 2.25. The highest BCUT2D eigenvalue weighted by atomic mass is 16.3. The third-order valence-corrected chi connectivity index (χ3v) is 4.02. The molecule has 0 aliphatic carbocycles. The van der Waals surface area contributed by atoms with E-state index in [0.29, 0.717) is 6.54 Å². The van der Waals surface area contributed by atoms with Crippen LogP contribution in [0.15, 0.2) is 24.4 Å². The van der Waals surface area contributed by atoms with Crippen molar-refractivity contribution in [3.05, 3.63) is 30.1 Å². The average Bonchev–Trinajstić information content (AvgIpc) is 2.87. The molecule has 1 aliphatic heterocycles. The summed E-state index contributed by atoms with van der Waals surface area (Å²) in [6.45, 7) is 5.64. The van der Waals surface area contributed by atoms with Crippen molar-refractivity contribution >= 4 is 11.5 Å². The number of hydrogen-bond acceptors (Lipinski definition) is 4. The highest BCUT2D eigenvalue weighted by molar-refractivity contribution is 5.56. The van der Waals surface area contributed by atoms with E-state index in [2.05, 4.69) is 27.7 Å². The van der Waals surface area contributed by atoms with Gasteiger partial charge in [-0.05, 0) is 37.9 Å². The fourth-order valence-corrected chi connectivity index (χ4v) is 2.98. The van der Waals surface area contributed by atoms with Gasteiger partial charge in [-0.2, -0.15) is 0 Å². The minimum atomic E-state index is -0.236. The summed E-state index contributed by atoms with van der Waals surface area (Å²) in [5, 5.41) is 13.4. The Hall–Kier alpha value is -1.59. The maximum Gasteiger partial charge on any atom is 0.152 e. The number of fused-ring (bicyclic) bond motifs is 1. The van der Waals surface area contributed by atoms with Gasteiger partial charge < -0.3 is 19.7 Å². The van der Waals surface area contributed by atoms with Gasteiger partial charge in [0.25, 0.3) is 0 Å². The Kier molecular flexibility index (Phi) is 4.41. The fraction of sp³-hybridized carbons (Fsp3) is 0.562. The largest absolute Gasteiger partial charge is 0.391 e. The van der Waals surface area contributed by atoms with Gasteiger partial charge in [0.05, 0.1) is 11.8 Å². The number of piperidine rings is 1. The fourth-order valence-electron chi connectivity index (χ4n) is 2.98. The van der Waals surface area contributed by atoms with E-state index in [1.54, 1.807) is 0 Å². The molecule has 1 fully saturated rings. The van der Waals surface area contributed by atoms with Crippen molar-refractivity contribution in [3.8, 4) is 0 Å². The van der Waals surface area contributed by atoms with Crippen LogP contribution < -0.4 is 10.2 Å². The van der Waals surface area contributed by atoms with Gasteiger partial charge in [-0.25, -0.2) is 4.98 Å². The predicted octanol–water partition coefficient (Wildman–Crippen LogP) is 1.79. The van der Waals surface area contributed by atoms with E-state index in [1.165, 1.54) is 5.69 Å². The Labute approximate surface area is 125 Å². The van der Waals surface area contributed by atoms with Crippen LogP contribution in [0.5, 0.6) is 0 Å². The molecule has 114 valence electrons. The quantitative estimate of drug-likeness (QED) is 0.824. The Balaban J connectivity index is 1.93. The van der Waals surface area contributed by atoms with E-state index in [4.69, 9.17) is 4.98 Å². The summed E-state index contributed by atoms with van der Waals surface area (Å²) in [4.78, 5) is 7.01. The molecule has 2 aromatic heterocycles. The molecule has 3 heterocycles. The smallest absolute Gasteiger partial charge is 0.152 e. The SMILES string of the molecule is CCCNCc1c(N2CCCC(O)C2)nc2ccccn12. The van der Waals surface area contributed by atoms with Crippen LogP contribution >= 0.6 is 0 Å². The van der Waals surface area contributed by atoms with E-state index in [9.17, 15) is 5.11 Å². The maximum atomic E-state index is 9.93. The molecule has 1 aliphatic rings. The minimum absolute atomic E-state index is 0.236. The molecule has 0 saturated carbocycles. The second-order valence-corrected chi connectivity index (χ2v) is 5.73. The number of pyridine rings is 1. The lowest BCUT2D eigenvalue weighted by Crippen LogP contribution is -2.39. The molecule has 1 atom stereocenters. The second kappa shape index (κ2) is 6.45. The number of hydrogen-bond donors (Lipinski definition) is 2. The van der Waals surface area contributed by atoms with E-state index >= 15 is 0 Å². The van der Waals surface area contributed by atoms with Crippen LogP contribution in [0.1, 0.15) is 31.9 Å². The van der Waals surface area contributed by atoms with Crippen molar-refractivity contribution in [1.29, 1.82) is 0 Å². The van der Waals surface area contributed by atoms with Gasteiger partial charge in [0.15, 0.2) is 5.82 Å². The summed E-state index contributed by atoms with van der Waals surface area (Å²) in [5.41, 5.74) is 2.16. The molecule has 3 rings (SSSR count). The van der Waals surface area contributed by atoms with Crippen molar-refractivity contribution in [2.45, 2.75) is 38.8 Å². The van der Waals surface area contributed by atoms with Gasteiger partial charge in [0.2, 0.25) is 0 Å². The first-order chi connectivity index (χ1) is 10.3. The molecular formula is C16H24N4O. The van der Waals surface area contributed by atoms with Crippen molar-refractivity contribution in [1.82, 2.24) is 14.7 Å². The van der Waals surface area contributed by atoms with Gasteiger partial charge in [0, 0.05) is 25.8 Å². The standard InChI is InChI=1S/C16H24N4O/c1-2-8-17-11-14-16(19-9-5-6-13(21)12-19)18-15-7-3-4-10-20(14)15/h3-4,7,10,13,17,21H,2,5-6,8-9,11-12H2,1H3. The monoisotopic (exact) mass is 288 g/mol. The number of rotatable bonds is 5.